The third-order valence-corrected chi connectivity index (χ3v) is 6.06. The van der Waals surface area contributed by atoms with Gasteiger partial charge in [0, 0.05) is 24.5 Å². The summed E-state index contributed by atoms with van der Waals surface area (Å²) in [4.78, 5) is 12.8. The number of amides is 1. The molecule has 0 saturated carbocycles. The molecule has 2 aromatic rings. The Hall–Kier alpha value is -3.37. The van der Waals surface area contributed by atoms with Gasteiger partial charge in [0.15, 0.2) is 0 Å². The molecule has 148 valence electrons. The summed E-state index contributed by atoms with van der Waals surface area (Å²) >= 11 is 0. The molecule has 1 aromatic carbocycles. The Bertz CT molecular complexity index is 1210. The van der Waals surface area contributed by atoms with E-state index in [2.05, 4.69) is 16.0 Å². The fraction of sp³-hybridized carbons (Fsp3) is 0.200. The van der Waals surface area contributed by atoms with Gasteiger partial charge in [0.25, 0.3) is 5.91 Å². The van der Waals surface area contributed by atoms with E-state index in [1.54, 1.807) is 32.2 Å². The summed E-state index contributed by atoms with van der Waals surface area (Å²) < 4.78 is 29.1. The van der Waals surface area contributed by atoms with Gasteiger partial charge in [-0.3, -0.25) is 4.79 Å². The third-order valence-electron chi connectivity index (χ3n) is 4.58. The van der Waals surface area contributed by atoms with Gasteiger partial charge >= 0.3 is 0 Å². The SMILES string of the molecule is C#CC(O)C1C=Cc2c(cn(C)c2C(=O)Nc2ccc(C)c(C#N)c2)S(=O)(=O)N1. The number of nitriles is 1. The third kappa shape index (κ3) is 3.80. The average molecular weight is 410 g/mol. The van der Waals surface area contributed by atoms with E-state index in [1.165, 1.54) is 22.9 Å². The average Bonchev–Trinajstić information content (AvgIpc) is 2.96. The van der Waals surface area contributed by atoms with Crippen molar-refractivity contribution in [2.24, 2.45) is 7.05 Å². The van der Waals surface area contributed by atoms with Crippen LogP contribution in [0.4, 0.5) is 5.69 Å². The summed E-state index contributed by atoms with van der Waals surface area (Å²) in [6.45, 7) is 1.78. The monoisotopic (exact) mass is 410 g/mol. The molecule has 8 nitrogen and oxygen atoms in total. The van der Waals surface area contributed by atoms with Crippen LogP contribution in [0.15, 0.2) is 35.4 Å². The molecule has 1 aliphatic heterocycles. The zero-order chi connectivity index (χ0) is 21.3. The molecule has 2 heterocycles. The number of aliphatic hydroxyl groups excluding tert-OH is 1. The lowest BCUT2D eigenvalue weighted by molar-refractivity contribution is 0.101. The predicted octanol–water partition coefficient (Wildman–Crippen LogP) is 1.13. The van der Waals surface area contributed by atoms with Crippen LogP contribution in [-0.4, -0.2) is 36.1 Å². The van der Waals surface area contributed by atoms with E-state index in [9.17, 15) is 18.3 Å². The molecule has 0 aliphatic carbocycles. The lowest BCUT2D eigenvalue weighted by Gasteiger charge is -2.15. The summed E-state index contributed by atoms with van der Waals surface area (Å²) in [5, 5.41) is 21.7. The molecular formula is C20H18N4O4S. The van der Waals surface area contributed by atoms with Gasteiger partial charge in [-0.25, -0.2) is 13.1 Å². The molecule has 1 aliphatic rings. The highest BCUT2D eigenvalue weighted by Crippen LogP contribution is 2.27. The van der Waals surface area contributed by atoms with Gasteiger partial charge in [-0.05, 0) is 24.6 Å². The molecule has 1 amide bonds. The quantitative estimate of drug-likeness (QED) is 0.654. The highest BCUT2D eigenvalue weighted by molar-refractivity contribution is 7.89. The van der Waals surface area contributed by atoms with E-state index in [0.717, 1.165) is 5.56 Å². The smallest absolute Gasteiger partial charge is 0.272 e. The van der Waals surface area contributed by atoms with Crippen LogP contribution in [0.2, 0.25) is 0 Å². The minimum absolute atomic E-state index is 0.102. The largest absolute Gasteiger partial charge is 0.378 e. The minimum Gasteiger partial charge on any atom is -0.378 e. The number of carbonyl (C=O) groups excluding carboxylic acids is 1. The first-order valence-corrected chi connectivity index (χ1v) is 10.0. The van der Waals surface area contributed by atoms with E-state index < -0.39 is 28.1 Å². The lowest BCUT2D eigenvalue weighted by Crippen LogP contribution is -2.40. The van der Waals surface area contributed by atoms with Gasteiger partial charge in [0.1, 0.15) is 16.7 Å². The molecule has 0 bridgehead atoms. The van der Waals surface area contributed by atoms with Crippen molar-refractivity contribution in [3.8, 4) is 18.4 Å². The van der Waals surface area contributed by atoms with Crippen molar-refractivity contribution in [3.63, 3.8) is 0 Å². The maximum Gasteiger partial charge on any atom is 0.272 e. The van der Waals surface area contributed by atoms with Gasteiger partial charge in [0.2, 0.25) is 10.0 Å². The zero-order valence-electron chi connectivity index (χ0n) is 15.7. The first kappa shape index (κ1) is 20.4. The van der Waals surface area contributed by atoms with Crippen LogP contribution in [-0.2, 0) is 17.1 Å². The highest BCUT2D eigenvalue weighted by Gasteiger charge is 2.32. The van der Waals surface area contributed by atoms with Gasteiger partial charge < -0.3 is 15.0 Å². The van der Waals surface area contributed by atoms with Crippen molar-refractivity contribution >= 4 is 27.7 Å². The Labute approximate surface area is 168 Å². The van der Waals surface area contributed by atoms with E-state index in [1.807, 2.05) is 6.07 Å². The van der Waals surface area contributed by atoms with E-state index in [4.69, 9.17) is 11.7 Å². The molecule has 0 saturated heterocycles. The number of hydrogen-bond donors (Lipinski definition) is 3. The summed E-state index contributed by atoms with van der Waals surface area (Å²) in [6.07, 6.45) is 8.00. The van der Waals surface area contributed by atoms with Crippen molar-refractivity contribution in [1.82, 2.24) is 9.29 Å². The van der Waals surface area contributed by atoms with Crippen LogP contribution in [0.25, 0.3) is 6.08 Å². The number of aryl methyl sites for hydroxylation is 2. The van der Waals surface area contributed by atoms with Crippen LogP contribution in [0.1, 0.15) is 27.2 Å². The Kier molecular flexibility index (Phi) is 5.31. The Morgan fingerprint density at radius 1 is 1.45 bits per heavy atom. The van der Waals surface area contributed by atoms with Crippen molar-refractivity contribution in [1.29, 1.82) is 5.26 Å². The van der Waals surface area contributed by atoms with Crippen LogP contribution in [0.3, 0.4) is 0 Å². The number of anilines is 1. The van der Waals surface area contributed by atoms with Crippen molar-refractivity contribution in [3.05, 3.63) is 52.9 Å². The van der Waals surface area contributed by atoms with E-state index in [0.29, 0.717) is 11.3 Å². The number of aromatic nitrogens is 1. The number of rotatable bonds is 3. The molecule has 29 heavy (non-hydrogen) atoms. The first-order chi connectivity index (χ1) is 13.7. The Morgan fingerprint density at radius 3 is 2.83 bits per heavy atom. The topological polar surface area (TPSA) is 124 Å². The Morgan fingerprint density at radius 2 is 2.17 bits per heavy atom. The van der Waals surface area contributed by atoms with Gasteiger partial charge in [-0.15, -0.1) is 6.42 Å². The van der Waals surface area contributed by atoms with Gasteiger partial charge in [-0.1, -0.05) is 24.1 Å². The number of nitrogens with one attached hydrogen (secondary N) is 2. The molecule has 3 rings (SSSR count). The number of benzene rings is 1. The van der Waals surface area contributed by atoms with Crippen LogP contribution in [0, 0.1) is 30.6 Å². The molecule has 0 fully saturated rings. The number of nitrogens with zero attached hydrogens (tertiary/aromatic N) is 2. The molecule has 1 aromatic heterocycles. The predicted molar refractivity (Wildman–Crippen MR) is 107 cm³/mol. The van der Waals surface area contributed by atoms with Gasteiger partial charge in [0.05, 0.1) is 17.7 Å². The molecule has 9 heteroatoms. The number of fused-ring (bicyclic) bond motifs is 1. The molecule has 3 N–H and O–H groups in total. The zero-order valence-corrected chi connectivity index (χ0v) is 16.5. The molecule has 2 unspecified atom stereocenters. The lowest BCUT2D eigenvalue weighted by atomic mass is 10.1. The maximum absolute atomic E-state index is 12.9. The molecular weight excluding hydrogens is 392 g/mol. The highest BCUT2D eigenvalue weighted by atomic mass is 32.2. The van der Waals surface area contributed by atoms with E-state index >= 15 is 0 Å². The number of carbonyl (C=O) groups is 1. The second-order valence-electron chi connectivity index (χ2n) is 6.58. The summed E-state index contributed by atoms with van der Waals surface area (Å²) in [5.74, 6) is 1.54. The normalized spacial score (nSPS) is 18.0. The van der Waals surface area contributed by atoms with Crippen molar-refractivity contribution < 1.29 is 18.3 Å². The van der Waals surface area contributed by atoms with E-state index in [-0.39, 0.29) is 16.2 Å². The molecule has 2 atom stereocenters. The number of sulfonamides is 1. The Balaban J connectivity index is 2.03. The van der Waals surface area contributed by atoms with Crippen molar-refractivity contribution in [2.75, 3.05) is 5.32 Å². The standard InChI is InChI=1S/C20H18N4O4S/c1-4-17(25)16-8-7-15-18(29(27,28)23-16)11-24(3)19(15)20(26)22-14-6-5-12(2)13(9-14)10-21/h1,5-9,11,16-17,23,25H,2-3H3,(H,22,26). The number of hydrogen-bond acceptors (Lipinski definition) is 5. The summed E-state index contributed by atoms with van der Waals surface area (Å²) in [5.41, 5.74) is 1.89. The van der Waals surface area contributed by atoms with Crippen LogP contribution < -0.4 is 10.0 Å². The second-order valence-corrected chi connectivity index (χ2v) is 8.26. The van der Waals surface area contributed by atoms with Gasteiger partial charge in [-0.2, -0.15) is 5.26 Å². The summed E-state index contributed by atoms with van der Waals surface area (Å²) in [7, 11) is -2.47. The fourth-order valence-corrected chi connectivity index (χ4v) is 4.48. The maximum atomic E-state index is 12.9. The van der Waals surface area contributed by atoms with Crippen LogP contribution >= 0.6 is 0 Å². The van der Waals surface area contributed by atoms with Crippen molar-refractivity contribution in [2.45, 2.75) is 24.0 Å². The minimum atomic E-state index is -4.02. The number of terminal acetylenes is 1. The molecule has 0 spiro atoms. The first-order valence-electron chi connectivity index (χ1n) is 8.54. The number of aliphatic hydroxyl groups is 1. The second kappa shape index (κ2) is 7.57. The fourth-order valence-electron chi connectivity index (χ4n) is 3.04. The molecule has 0 radical (unpaired) electrons. The summed E-state index contributed by atoms with van der Waals surface area (Å²) in [6, 6.07) is 5.94. The van der Waals surface area contributed by atoms with Crippen LogP contribution in [0.5, 0.6) is 0 Å².